The molecule has 0 saturated carbocycles. The second-order valence-corrected chi connectivity index (χ2v) is 5.98. The predicted octanol–water partition coefficient (Wildman–Crippen LogP) is 2.99. The fraction of sp³-hybridized carbons (Fsp3) is 0.100. The number of rotatable bonds is 5. The van der Waals surface area contributed by atoms with Crippen molar-refractivity contribution in [3.63, 3.8) is 0 Å². The Bertz CT molecular complexity index is 1070. The van der Waals surface area contributed by atoms with Crippen LogP contribution >= 0.6 is 0 Å². The lowest BCUT2D eigenvalue weighted by atomic mass is 10.2. The van der Waals surface area contributed by atoms with Crippen molar-refractivity contribution in [2.45, 2.75) is 0 Å². The van der Waals surface area contributed by atoms with E-state index >= 15 is 0 Å². The molecule has 1 aliphatic rings. The molecule has 2 heterocycles. The van der Waals surface area contributed by atoms with E-state index in [4.69, 9.17) is 9.47 Å². The van der Waals surface area contributed by atoms with Crippen LogP contribution in [0.1, 0.15) is 20.8 Å². The van der Waals surface area contributed by atoms with E-state index < -0.39 is 11.9 Å². The van der Waals surface area contributed by atoms with Crippen LogP contribution in [0.3, 0.4) is 0 Å². The number of carbonyl (C=O) groups excluding carboxylic acids is 2. The van der Waals surface area contributed by atoms with Crippen molar-refractivity contribution in [1.82, 2.24) is 9.97 Å². The Morgan fingerprint density at radius 2 is 1.76 bits per heavy atom. The summed E-state index contributed by atoms with van der Waals surface area (Å²) < 4.78 is 15.3. The van der Waals surface area contributed by atoms with Crippen molar-refractivity contribution in [3.05, 3.63) is 66.0 Å². The first kappa shape index (κ1) is 18.2. The number of benzene rings is 2. The first-order valence-electron chi connectivity index (χ1n) is 8.62. The Balaban J connectivity index is 1.45. The number of hydrogen-bond donors (Lipinski definition) is 2. The third kappa shape index (κ3) is 4.08. The van der Waals surface area contributed by atoms with Crippen LogP contribution in [-0.2, 0) is 4.74 Å². The van der Waals surface area contributed by atoms with Crippen molar-refractivity contribution >= 4 is 29.2 Å². The van der Waals surface area contributed by atoms with E-state index in [0.717, 1.165) is 0 Å². The van der Waals surface area contributed by atoms with Crippen LogP contribution < -0.4 is 20.1 Å². The monoisotopic (exact) mass is 392 g/mol. The van der Waals surface area contributed by atoms with Crippen LogP contribution in [0.15, 0.2) is 54.7 Å². The summed E-state index contributed by atoms with van der Waals surface area (Å²) in [6.07, 6.45) is 1.48. The minimum atomic E-state index is -0.446. The van der Waals surface area contributed by atoms with Gasteiger partial charge in [0.05, 0.1) is 12.7 Å². The predicted molar refractivity (Wildman–Crippen MR) is 104 cm³/mol. The van der Waals surface area contributed by atoms with Crippen LogP contribution in [0.25, 0.3) is 0 Å². The van der Waals surface area contributed by atoms with Crippen LogP contribution in [0.2, 0.25) is 0 Å². The van der Waals surface area contributed by atoms with Gasteiger partial charge in [0.2, 0.25) is 12.7 Å². The molecule has 4 rings (SSSR count). The number of carbonyl (C=O) groups is 2. The smallest absolute Gasteiger partial charge is 0.337 e. The molecule has 0 spiro atoms. The van der Waals surface area contributed by atoms with Gasteiger partial charge in [-0.2, -0.15) is 0 Å². The molecule has 0 bridgehead atoms. The standard InChI is InChI=1S/C20H16N4O5/c1-27-19(26)12-2-4-13(5-3-12)22-18(25)15-8-9-21-20(24-15)23-14-6-7-16-17(10-14)29-11-28-16/h2-10H,11H2,1H3,(H,22,25)(H,21,23,24). The largest absolute Gasteiger partial charge is 0.465 e. The fourth-order valence-electron chi connectivity index (χ4n) is 2.65. The number of fused-ring (bicyclic) bond motifs is 1. The molecule has 9 heteroatoms. The quantitative estimate of drug-likeness (QED) is 0.638. The lowest BCUT2D eigenvalue weighted by molar-refractivity contribution is 0.0600. The summed E-state index contributed by atoms with van der Waals surface area (Å²) in [7, 11) is 1.31. The average molecular weight is 392 g/mol. The highest BCUT2D eigenvalue weighted by Gasteiger charge is 2.14. The average Bonchev–Trinajstić information content (AvgIpc) is 3.22. The number of nitrogens with zero attached hydrogens (tertiary/aromatic N) is 2. The van der Waals surface area contributed by atoms with Gasteiger partial charge in [-0.25, -0.2) is 14.8 Å². The lowest BCUT2D eigenvalue weighted by Gasteiger charge is -2.08. The number of ether oxygens (including phenoxy) is 3. The molecule has 146 valence electrons. The molecule has 9 nitrogen and oxygen atoms in total. The van der Waals surface area contributed by atoms with Gasteiger partial charge in [-0.15, -0.1) is 0 Å². The molecule has 2 aromatic carbocycles. The number of hydrogen-bond acceptors (Lipinski definition) is 8. The third-order valence-electron chi connectivity index (χ3n) is 4.08. The van der Waals surface area contributed by atoms with Gasteiger partial charge >= 0.3 is 5.97 Å². The van der Waals surface area contributed by atoms with Crippen molar-refractivity contribution in [2.24, 2.45) is 0 Å². The molecule has 0 atom stereocenters. The van der Waals surface area contributed by atoms with E-state index in [2.05, 4.69) is 25.3 Å². The molecule has 0 radical (unpaired) electrons. The van der Waals surface area contributed by atoms with Crippen molar-refractivity contribution in [2.75, 3.05) is 24.5 Å². The first-order chi connectivity index (χ1) is 14.1. The SMILES string of the molecule is COC(=O)c1ccc(NC(=O)c2ccnc(Nc3ccc4c(c3)OCO4)n2)cc1. The van der Waals surface area contributed by atoms with E-state index in [-0.39, 0.29) is 18.4 Å². The molecule has 0 unspecified atom stereocenters. The second kappa shape index (κ2) is 7.85. The number of amides is 1. The van der Waals surface area contributed by atoms with E-state index in [0.29, 0.717) is 28.4 Å². The normalized spacial score (nSPS) is 11.6. The summed E-state index contributed by atoms with van der Waals surface area (Å²) in [6, 6.07) is 13.2. The molecule has 29 heavy (non-hydrogen) atoms. The maximum absolute atomic E-state index is 12.5. The van der Waals surface area contributed by atoms with Crippen LogP contribution in [-0.4, -0.2) is 35.7 Å². The zero-order chi connectivity index (χ0) is 20.2. The minimum Gasteiger partial charge on any atom is -0.465 e. The van der Waals surface area contributed by atoms with E-state index in [9.17, 15) is 9.59 Å². The Morgan fingerprint density at radius 1 is 1.00 bits per heavy atom. The summed E-state index contributed by atoms with van der Waals surface area (Å²) in [5, 5.41) is 5.75. The minimum absolute atomic E-state index is 0.181. The van der Waals surface area contributed by atoms with Crippen molar-refractivity contribution in [3.8, 4) is 11.5 Å². The van der Waals surface area contributed by atoms with Gasteiger partial charge in [0.15, 0.2) is 11.5 Å². The maximum Gasteiger partial charge on any atom is 0.337 e. The van der Waals surface area contributed by atoms with Gasteiger partial charge in [-0.3, -0.25) is 4.79 Å². The van der Waals surface area contributed by atoms with Gasteiger partial charge in [0, 0.05) is 23.6 Å². The summed E-state index contributed by atoms with van der Waals surface area (Å²) >= 11 is 0. The number of aromatic nitrogens is 2. The summed E-state index contributed by atoms with van der Waals surface area (Å²) in [5.41, 5.74) is 1.79. The Morgan fingerprint density at radius 3 is 2.55 bits per heavy atom. The number of nitrogens with one attached hydrogen (secondary N) is 2. The zero-order valence-electron chi connectivity index (χ0n) is 15.3. The molecule has 1 amide bonds. The molecule has 2 N–H and O–H groups in total. The molecule has 0 aliphatic carbocycles. The Kier molecular flexibility index (Phi) is 4.93. The molecular weight excluding hydrogens is 376 g/mol. The van der Waals surface area contributed by atoms with E-state index in [1.165, 1.54) is 19.4 Å². The molecule has 0 saturated heterocycles. The highest BCUT2D eigenvalue weighted by molar-refractivity contribution is 6.03. The number of anilines is 3. The summed E-state index contributed by atoms with van der Waals surface area (Å²) in [4.78, 5) is 32.3. The lowest BCUT2D eigenvalue weighted by Crippen LogP contribution is -2.15. The zero-order valence-corrected chi connectivity index (χ0v) is 15.3. The Labute approximate surface area is 165 Å². The van der Waals surface area contributed by atoms with E-state index in [1.54, 1.807) is 42.5 Å². The number of esters is 1. The summed E-state index contributed by atoms with van der Waals surface area (Å²) in [6.45, 7) is 0.186. The molecule has 1 aliphatic heterocycles. The molecular formula is C20H16N4O5. The van der Waals surface area contributed by atoms with Gasteiger partial charge in [0.1, 0.15) is 5.69 Å². The number of methoxy groups -OCH3 is 1. The van der Waals surface area contributed by atoms with Crippen LogP contribution in [0, 0.1) is 0 Å². The maximum atomic E-state index is 12.5. The topological polar surface area (TPSA) is 112 Å². The van der Waals surface area contributed by atoms with Crippen LogP contribution in [0.4, 0.5) is 17.3 Å². The van der Waals surface area contributed by atoms with Gasteiger partial charge in [0.25, 0.3) is 5.91 Å². The summed E-state index contributed by atoms with van der Waals surface area (Å²) in [5.74, 6) is 0.699. The van der Waals surface area contributed by atoms with Crippen molar-refractivity contribution < 1.29 is 23.8 Å². The highest BCUT2D eigenvalue weighted by atomic mass is 16.7. The molecule has 3 aromatic rings. The first-order valence-corrected chi connectivity index (χ1v) is 8.62. The third-order valence-corrected chi connectivity index (χ3v) is 4.08. The molecule has 1 aromatic heterocycles. The van der Waals surface area contributed by atoms with Gasteiger partial charge in [-0.1, -0.05) is 0 Å². The molecule has 0 fully saturated rings. The van der Waals surface area contributed by atoms with Crippen molar-refractivity contribution in [1.29, 1.82) is 0 Å². The van der Waals surface area contributed by atoms with E-state index in [1.807, 2.05) is 0 Å². The Hall–Kier alpha value is -4.14. The highest BCUT2D eigenvalue weighted by Crippen LogP contribution is 2.34. The van der Waals surface area contributed by atoms with Gasteiger partial charge < -0.3 is 24.8 Å². The second-order valence-electron chi connectivity index (χ2n) is 5.98. The van der Waals surface area contributed by atoms with Crippen LogP contribution in [0.5, 0.6) is 11.5 Å². The van der Waals surface area contributed by atoms with Gasteiger partial charge in [-0.05, 0) is 42.5 Å². The fourth-order valence-corrected chi connectivity index (χ4v) is 2.65.